The van der Waals surface area contributed by atoms with Gasteiger partial charge in [0.1, 0.15) is 6.04 Å². The zero-order valence-corrected chi connectivity index (χ0v) is 21.3. The van der Waals surface area contributed by atoms with Gasteiger partial charge in [0, 0.05) is 35.1 Å². The Morgan fingerprint density at radius 3 is 2.76 bits per heavy atom. The fraction of sp³-hybridized carbons (Fsp3) is 0.185. The van der Waals surface area contributed by atoms with Gasteiger partial charge in [0.05, 0.1) is 23.2 Å². The highest BCUT2D eigenvalue weighted by Crippen LogP contribution is 2.45. The number of H-pyrrole nitrogens is 2. The molecule has 0 saturated heterocycles. The van der Waals surface area contributed by atoms with Crippen molar-refractivity contribution in [3.8, 4) is 11.4 Å². The summed E-state index contributed by atoms with van der Waals surface area (Å²) in [5, 5.41) is 16.3. The second-order valence-electron chi connectivity index (χ2n) is 8.96. The molecule has 0 spiro atoms. The van der Waals surface area contributed by atoms with Gasteiger partial charge in [0.15, 0.2) is 0 Å². The van der Waals surface area contributed by atoms with Gasteiger partial charge in [-0.05, 0) is 40.1 Å². The summed E-state index contributed by atoms with van der Waals surface area (Å²) >= 11 is 13.3. The van der Waals surface area contributed by atoms with Crippen LogP contribution in [0.2, 0.25) is 10.0 Å². The lowest BCUT2D eigenvalue weighted by atomic mass is 9.87. The first-order chi connectivity index (χ1) is 18.0. The van der Waals surface area contributed by atoms with E-state index < -0.39 is 6.04 Å². The van der Waals surface area contributed by atoms with Gasteiger partial charge in [-0.2, -0.15) is 5.21 Å². The fourth-order valence-corrected chi connectivity index (χ4v) is 5.67. The Bertz CT molecular complexity index is 1600. The molecular formula is C27H22Cl2N6O2. The average molecular weight is 533 g/mol. The van der Waals surface area contributed by atoms with Crippen LogP contribution in [0.5, 0.6) is 0 Å². The Morgan fingerprint density at radius 1 is 1.11 bits per heavy atom. The molecule has 0 radical (unpaired) electrons. The summed E-state index contributed by atoms with van der Waals surface area (Å²) in [7, 11) is 1.42. The molecule has 10 heteroatoms. The molecule has 186 valence electrons. The van der Waals surface area contributed by atoms with Crippen LogP contribution in [-0.4, -0.2) is 49.6 Å². The normalized spacial score (nSPS) is 17.6. The van der Waals surface area contributed by atoms with Gasteiger partial charge >= 0.3 is 5.97 Å². The van der Waals surface area contributed by atoms with Gasteiger partial charge in [-0.1, -0.05) is 71.7 Å². The summed E-state index contributed by atoms with van der Waals surface area (Å²) < 4.78 is 5.30. The SMILES string of the molecule is COC(=O)[C@H]1Cc2c([nH]c3ccccc23)[C@@H](c2cccc(Cl)c2Cl)N1Cc1cccc(-c2nn[nH]n2)c1. The maximum atomic E-state index is 13.3. The number of hydrogen-bond donors (Lipinski definition) is 2. The largest absolute Gasteiger partial charge is 0.468 e. The standard InChI is InChI=1S/C27H22Cl2N6O2/c1-37-27(36)22-13-19-17-8-2-3-11-21(17)30-24(19)25(18-9-5-10-20(28)23(18)29)35(22)14-15-6-4-7-16(12-15)26-31-33-34-32-26/h2-12,22,25,30H,13-14H2,1H3,(H,31,32,33,34)/t22-,25-/m1/s1. The van der Waals surface area contributed by atoms with E-state index in [9.17, 15) is 4.79 Å². The lowest BCUT2D eigenvalue weighted by Crippen LogP contribution is -2.48. The highest BCUT2D eigenvalue weighted by atomic mass is 35.5. The first-order valence-electron chi connectivity index (χ1n) is 11.7. The number of nitrogens with one attached hydrogen (secondary N) is 2. The number of nitrogens with zero attached hydrogens (tertiary/aromatic N) is 4. The van der Waals surface area contributed by atoms with E-state index in [1.54, 1.807) is 6.07 Å². The molecule has 1 aliphatic heterocycles. The number of carbonyl (C=O) groups excluding carboxylic acids is 1. The highest BCUT2D eigenvalue weighted by molar-refractivity contribution is 6.42. The van der Waals surface area contributed by atoms with Crippen molar-refractivity contribution in [2.75, 3.05) is 7.11 Å². The van der Waals surface area contributed by atoms with Crippen molar-refractivity contribution in [3.63, 3.8) is 0 Å². The quantitative estimate of drug-likeness (QED) is 0.296. The van der Waals surface area contributed by atoms with Crippen molar-refractivity contribution >= 4 is 40.1 Å². The van der Waals surface area contributed by atoms with E-state index in [-0.39, 0.29) is 12.0 Å². The number of fused-ring (bicyclic) bond motifs is 3. The smallest absolute Gasteiger partial charge is 0.323 e. The van der Waals surface area contributed by atoms with Crippen LogP contribution in [0.25, 0.3) is 22.3 Å². The van der Waals surface area contributed by atoms with Crippen LogP contribution >= 0.6 is 23.2 Å². The van der Waals surface area contributed by atoms with Crippen LogP contribution in [0.4, 0.5) is 0 Å². The first kappa shape index (κ1) is 23.7. The molecule has 8 nitrogen and oxygen atoms in total. The van der Waals surface area contributed by atoms with Gasteiger partial charge in [0.25, 0.3) is 0 Å². The molecule has 2 aromatic heterocycles. The second-order valence-corrected chi connectivity index (χ2v) is 9.74. The third kappa shape index (κ3) is 4.17. The number of methoxy groups -OCH3 is 1. The molecular weight excluding hydrogens is 511 g/mol. The van der Waals surface area contributed by atoms with Gasteiger partial charge < -0.3 is 9.72 Å². The van der Waals surface area contributed by atoms with Crippen LogP contribution in [0, 0.1) is 0 Å². The van der Waals surface area contributed by atoms with E-state index in [1.165, 1.54) is 7.11 Å². The van der Waals surface area contributed by atoms with Crippen LogP contribution in [0.15, 0.2) is 66.7 Å². The Balaban J connectivity index is 1.53. The number of aromatic amines is 2. The number of benzene rings is 3. The van der Waals surface area contributed by atoms with Crippen molar-refractivity contribution in [1.29, 1.82) is 0 Å². The van der Waals surface area contributed by atoms with E-state index in [0.717, 1.165) is 38.9 Å². The molecule has 0 unspecified atom stereocenters. The third-order valence-electron chi connectivity index (χ3n) is 6.89. The van der Waals surface area contributed by atoms with Crippen molar-refractivity contribution in [2.45, 2.75) is 25.0 Å². The van der Waals surface area contributed by atoms with Crippen LogP contribution in [-0.2, 0) is 22.5 Å². The maximum absolute atomic E-state index is 13.3. The number of halogens is 2. The number of para-hydroxylation sites is 1. The summed E-state index contributed by atoms with van der Waals surface area (Å²) in [6, 6.07) is 20.6. The molecule has 0 fully saturated rings. The minimum atomic E-state index is -0.550. The molecule has 0 saturated carbocycles. The minimum absolute atomic E-state index is 0.312. The van der Waals surface area contributed by atoms with E-state index in [0.29, 0.717) is 28.8 Å². The summed E-state index contributed by atoms with van der Waals surface area (Å²) in [5.41, 5.74) is 5.66. The molecule has 3 aromatic carbocycles. The molecule has 0 bridgehead atoms. The molecule has 0 aliphatic carbocycles. The second kappa shape index (κ2) is 9.63. The number of hydrogen-bond acceptors (Lipinski definition) is 6. The molecule has 6 rings (SSSR count). The molecule has 2 atom stereocenters. The fourth-order valence-electron chi connectivity index (χ4n) is 5.26. The first-order valence-corrected chi connectivity index (χ1v) is 12.5. The Labute approximate surface area is 222 Å². The van der Waals surface area contributed by atoms with Gasteiger partial charge in [-0.15, -0.1) is 10.2 Å². The molecule has 37 heavy (non-hydrogen) atoms. The zero-order valence-electron chi connectivity index (χ0n) is 19.8. The predicted octanol–water partition coefficient (Wildman–Crippen LogP) is 5.34. The third-order valence-corrected chi connectivity index (χ3v) is 7.73. The molecule has 0 amide bonds. The Hall–Kier alpha value is -3.72. The van der Waals surface area contributed by atoms with Gasteiger partial charge in [-0.25, -0.2) is 0 Å². The lowest BCUT2D eigenvalue weighted by molar-refractivity contribution is -0.148. The summed E-state index contributed by atoms with van der Waals surface area (Å²) in [4.78, 5) is 19.0. The average Bonchev–Trinajstić information content (AvgIpc) is 3.58. The highest BCUT2D eigenvalue weighted by Gasteiger charge is 2.42. The predicted molar refractivity (Wildman–Crippen MR) is 141 cm³/mol. The number of esters is 1. The Kier molecular flexibility index (Phi) is 6.16. The maximum Gasteiger partial charge on any atom is 0.323 e. The minimum Gasteiger partial charge on any atom is -0.468 e. The summed E-state index contributed by atoms with van der Waals surface area (Å²) in [6.07, 6.45) is 0.491. The van der Waals surface area contributed by atoms with Crippen molar-refractivity contribution in [3.05, 3.63) is 99.2 Å². The number of ether oxygens (including phenoxy) is 1. The monoisotopic (exact) mass is 532 g/mol. The lowest BCUT2D eigenvalue weighted by Gasteiger charge is -2.41. The van der Waals surface area contributed by atoms with Crippen molar-refractivity contribution in [2.24, 2.45) is 0 Å². The van der Waals surface area contributed by atoms with Crippen molar-refractivity contribution < 1.29 is 9.53 Å². The number of aromatic nitrogens is 5. The number of rotatable bonds is 5. The van der Waals surface area contributed by atoms with Gasteiger partial charge in [0.2, 0.25) is 5.82 Å². The molecule has 1 aliphatic rings. The van der Waals surface area contributed by atoms with Gasteiger partial charge in [-0.3, -0.25) is 9.69 Å². The molecule has 3 heterocycles. The topological polar surface area (TPSA) is 99.8 Å². The summed E-state index contributed by atoms with van der Waals surface area (Å²) in [6.45, 7) is 0.438. The number of tetrazole rings is 1. The van der Waals surface area contributed by atoms with Crippen LogP contribution in [0.3, 0.4) is 0 Å². The molecule has 2 N–H and O–H groups in total. The van der Waals surface area contributed by atoms with Crippen LogP contribution in [0.1, 0.15) is 28.4 Å². The van der Waals surface area contributed by atoms with Crippen molar-refractivity contribution in [1.82, 2.24) is 30.5 Å². The molecule has 5 aromatic rings. The van der Waals surface area contributed by atoms with Crippen LogP contribution < -0.4 is 0 Å². The zero-order chi connectivity index (χ0) is 25.5. The Morgan fingerprint density at radius 2 is 1.95 bits per heavy atom. The van der Waals surface area contributed by atoms with E-state index >= 15 is 0 Å². The van der Waals surface area contributed by atoms with E-state index in [2.05, 4.69) is 36.6 Å². The van der Waals surface area contributed by atoms with E-state index in [1.807, 2.05) is 54.6 Å². The summed E-state index contributed by atoms with van der Waals surface area (Å²) in [5.74, 6) is 0.186. The number of carbonyl (C=O) groups is 1. The van der Waals surface area contributed by atoms with E-state index in [4.69, 9.17) is 27.9 Å².